The van der Waals surface area contributed by atoms with Crippen molar-refractivity contribution in [3.05, 3.63) is 392 Å². The van der Waals surface area contributed by atoms with Gasteiger partial charge in [-0.25, -0.2) is 14.8 Å². The second-order valence-electron chi connectivity index (χ2n) is 29.4. The van der Waals surface area contributed by atoms with Crippen LogP contribution in [0.15, 0.2) is 368 Å². The van der Waals surface area contributed by atoms with Gasteiger partial charge in [0.1, 0.15) is 17.3 Å². The number of fused-ring (bicyclic) bond motifs is 22. The Bertz CT molecular complexity index is 6900. The normalized spacial score (nSPS) is 12.7. The Morgan fingerprint density at radius 2 is 0.964 bits per heavy atom. The summed E-state index contributed by atoms with van der Waals surface area (Å²) < 4.78 is 11.1. The summed E-state index contributed by atoms with van der Waals surface area (Å²) in [5.74, 6) is 2.64. The summed E-state index contributed by atoms with van der Waals surface area (Å²) in [5.41, 5.74) is 34.3. The Hall–Kier alpha value is -14.1. The summed E-state index contributed by atoms with van der Waals surface area (Å²) in [6.45, 7) is 16.5. The predicted molar refractivity (Wildman–Crippen MR) is 465 cm³/mol. The third kappa shape index (κ3) is 11.3. The molecule has 4 aromatic heterocycles. The summed E-state index contributed by atoms with van der Waals surface area (Å²) in [6, 6.07) is 122. The van der Waals surface area contributed by atoms with E-state index in [9.17, 15) is 0 Å². The molecule has 4 aliphatic rings. The number of allylic oxidation sites excluding steroid dienone is 1. The Labute approximate surface area is 655 Å². The largest absolute Gasteiger partial charge is 0.455 e. The molecule has 0 saturated carbocycles. The van der Waals surface area contributed by atoms with Crippen LogP contribution in [0.2, 0.25) is 0 Å². The second-order valence-corrected chi connectivity index (χ2v) is 30.4. The van der Waals surface area contributed by atoms with Crippen LogP contribution < -0.4 is 9.64 Å². The summed E-state index contributed by atoms with van der Waals surface area (Å²) in [6.07, 6.45) is 6.86. The maximum Gasteiger partial charge on any atom is 0.210 e. The highest BCUT2D eigenvalue weighted by molar-refractivity contribution is 7.99. The van der Waals surface area contributed by atoms with E-state index in [1.54, 1.807) is 0 Å². The fourth-order valence-electron chi connectivity index (χ4n) is 17.1. The average molecular weight is 1450 g/mol. The minimum Gasteiger partial charge on any atom is -0.455 e. The zero-order valence-electron chi connectivity index (χ0n) is 62.1. The van der Waals surface area contributed by atoms with Crippen molar-refractivity contribution >= 4 is 73.4 Å². The van der Waals surface area contributed by atoms with Gasteiger partial charge in [-0.05, 0) is 166 Å². The van der Waals surface area contributed by atoms with E-state index >= 15 is 0 Å². The van der Waals surface area contributed by atoms with Gasteiger partial charge < -0.3 is 13.9 Å². The minimum absolute atomic E-state index is 0.0246. The van der Waals surface area contributed by atoms with Gasteiger partial charge in [0, 0.05) is 87.9 Å². The molecule has 0 unspecified atom stereocenters. The number of hydrogen-bond acceptors (Lipinski definition) is 5. The fraction of sp³-hybridized carbons (Fsp3) is 0.0481. The lowest BCUT2D eigenvalue weighted by molar-refractivity contribution is 0.493. The molecular formula is C104H72N6OS. The van der Waals surface area contributed by atoms with E-state index in [2.05, 4.69) is 374 Å². The molecule has 0 radical (unpaired) electrons. The van der Waals surface area contributed by atoms with Crippen molar-refractivity contribution in [2.75, 3.05) is 4.90 Å². The summed E-state index contributed by atoms with van der Waals surface area (Å²) in [5, 5.41) is 3.41. The van der Waals surface area contributed by atoms with E-state index in [1.165, 1.54) is 87.5 Å². The molecule has 3 aliphatic heterocycles. The molecular weight excluding hydrogens is 1380 g/mol. The molecule has 0 bridgehead atoms. The molecule has 112 heavy (non-hydrogen) atoms. The van der Waals surface area contributed by atoms with Gasteiger partial charge in [-0.2, -0.15) is 0 Å². The van der Waals surface area contributed by atoms with Crippen LogP contribution in [0.5, 0.6) is 11.5 Å². The summed E-state index contributed by atoms with van der Waals surface area (Å²) in [4.78, 5) is 19.2. The number of nitrogens with zero attached hydrogens (tertiary/aromatic N) is 6. The van der Waals surface area contributed by atoms with Crippen LogP contribution in [-0.2, 0) is 5.41 Å². The maximum atomic E-state index is 7.65. The second kappa shape index (κ2) is 27.5. The molecule has 0 spiro atoms. The molecule has 8 heteroatoms. The Balaban J connectivity index is 0.000000110. The highest BCUT2D eigenvalue weighted by Gasteiger charge is 2.34. The highest BCUT2D eigenvalue weighted by atomic mass is 32.2. The van der Waals surface area contributed by atoms with Crippen LogP contribution in [0, 0.1) is 20.4 Å². The molecule has 7 heterocycles. The van der Waals surface area contributed by atoms with Crippen molar-refractivity contribution in [2.24, 2.45) is 0 Å². The van der Waals surface area contributed by atoms with Crippen LogP contribution in [0.25, 0.3) is 155 Å². The van der Waals surface area contributed by atoms with E-state index in [-0.39, 0.29) is 5.41 Å². The molecule has 530 valence electrons. The zero-order chi connectivity index (χ0) is 75.1. The van der Waals surface area contributed by atoms with Crippen molar-refractivity contribution < 1.29 is 4.74 Å². The Morgan fingerprint density at radius 1 is 0.420 bits per heavy atom. The van der Waals surface area contributed by atoms with Crippen molar-refractivity contribution in [3.8, 4) is 123 Å². The first-order valence-corrected chi connectivity index (χ1v) is 38.9. The third-order valence-corrected chi connectivity index (χ3v) is 23.9. The first-order valence-electron chi connectivity index (χ1n) is 38.1. The predicted octanol–water partition coefficient (Wildman–Crippen LogP) is 28.7. The van der Waals surface area contributed by atoms with Crippen molar-refractivity contribution in [3.63, 3.8) is 0 Å². The monoisotopic (exact) mass is 1450 g/mol. The molecule has 0 N–H and O–H groups in total. The summed E-state index contributed by atoms with van der Waals surface area (Å²) in [7, 11) is 0. The van der Waals surface area contributed by atoms with Crippen molar-refractivity contribution in [1.29, 1.82) is 0 Å². The van der Waals surface area contributed by atoms with Gasteiger partial charge in [0.25, 0.3) is 0 Å². The van der Waals surface area contributed by atoms with Gasteiger partial charge in [0.2, 0.25) is 5.69 Å². The number of aryl methyl sites for hydroxylation is 1. The third-order valence-electron chi connectivity index (χ3n) is 22.6. The van der Waals surface area contributed by atoms with E-state index in [0.717, 1.165) is 118 Å². The standard InChI is InChI=1S/C40H29NS.C35H23N3.C29H20N2O/c1-40(2)25-24-34-35(40)22-20-33-29-17-10-9-16-28(29)31-18-11-19-32(38(31)42-39(33)34)30-21-23-36(26-12-5-3-6-13-26)41-37(30)27-14-7-4-8-15-27;1-2-11-25(12-3-1)37-23-22-30-32(37)20-19-29-27-14-6-5-13-26(27)28-15-7-9-17-33(28)38(35(29)30)34-21-18-24-10-4-8-16-31(24)36-34;1-18-19(2)31(25-14-8-7-13-24(25)30-3)26-17-16-23-21-11-5-4-10-20(21)22-12-6-9-15-27(22)32-29(23)28(18)26/h3-25H,1-2H3;1-23H;4-17H,1-2H3. The highest BCUT2D eigenvalue weighted by Crippen LogP contribution is 2.58. The molecule has 14 aromatic carbocycles. The van der Waals surface area contributed by atoms with Crippen LogP contribution in [0.1, 0.15) is 36.2 Å². The molecule has 22 rings (SSSR count). The lowest BCUT2D eigenvalue weighted by Gasteiger charge is -2.27. The van der Waals surface area contributed by atoms with E-state index < -0.39 is 0 Å². The van der Waals surface area contributed by atoms with Crippen molar-refractivity contribution in [1.82, 2.24) is 19.1 Å². The molecule has 0 atom stereocenters. The molecule has 0 saturated heterocycles. The topological polar surface area (TPSA) is 52.5 Å². The fourth-order valence-corrected chi connectivity index (χ4v) is 18.5. The number of para-hydroxylation sites is 6. The minimum atomic E-state index is 0.0246. The van der Waals surface area contributed by atoms with Gasteiger partial charge in [0.05, 0.1) is 51.6 Å². The van der Waals surface area contributed by atoms with E-state index in [0.29, 0.717) is 5.69 Å². The molecule has 0 fully saturated rings. The lowest BCUT2D eigenvalue weighted by atomic mass is 9.85. The molecule has 7 nitrogen and oxygen atoms in total. The van der Waals surface area contributed by atoms with Gasteiger partial charge >= 0.3 is 0 Å². The molecule has 1 aliphatic carbocycles. The van der Waals surface area contributed by atoms with E-state index in [1.807, 2.05) is 48.2 Å². The quantitative estimate of drug-likeness (QED) is 0.155. The van der Waals surface area contributed by atoms with Gasteiger partial charge in [-0.15, -0.1) is 0 Å². The summed E-state index contributed by atoms with van der Waals surface area (Å²) >= 11 is 1.91. The number of pyridine rings is 2. The van der Waals surface area contributed by atoms with Crippen LogP contribution in [0.4, 0.5) is 22.9 Å². The average Bonchev–Trinajstić information content (AvgIpc) is 1.58. The molecule has 0 amide bonds. The Morgan fingerprint density at radius 3 is 1.70 bits per heavy atom. The lowest BCUT2D eigenvalue weighted by Crippen LogP contribution is -2.13. The number of benzene rings is 14. The van der Waals surface area contributed by atoms with Crippen molar-refractivity contribution in [2.45, 2.75) is 42.9 Å². The number of aromatic nitrogens is 4. The SMILES string of the molecule is CC1(C)C=Cc2c1ccc1c2Sc2c(cccc2-c2ccc(-c3ccccc3)nc2-c2ccccc2)-c2ccccc2-1.[C-]#[N+]c1ccccc1-n1c(C)c(C)c2c3c(ccc21)-c1ccccc1-c1ccccc1O3.c1ccc(-n2ccc3c4c(ccc32)-c2ccccc2-c2ccccc2N4c2ccc3ccccc3n2)cc1. The smallest absolute Gasteiger partial charge is 0.210 e. The maximum absolute atomic E-state index is 7.65. The van der Waals surface area contributed by atoms with Gasteiger partial charge in [0.15, 0.2) is 0 Å². The first kappa shape index (κ1) is 67.3. The van der Waals surface area contributed by atoms with Crippen LogP contribution in [-0.4, -0.2) is 19.1 Å². The molecule has 18 aromatic rings. The number of hydrogen-bond donors (Lipinski definition) is 0. The van der Waals surface area contributed by atoms with Crippen LogP contribution in [0.3, 0.4) is 0 Å². The van der Waals surface area contributed by atoms with Gasteiger partial charge in [-0.1, -0.05) is 299 Å². The zero-order valence-corrected chi connectivity index (χ0v) is 63.0. The number of anilines is 3. The Kier molecular flexibility index (Phi) is 16.5. The van der Waals surface area contributed by atoms with Gasteiger partial charge in [-0.3, -0.25) is 4.90 Å². The van der Waals surface area contributed by atoms with E-state index in [4.69, 9.17) is 21.3 Å². The first-order chi connectivity index (χ1) is 55.1. The number of rotatable bonds is 6. The number of ether oxygens (including phenoxy) is 1. The van der Waals surface area contributed by atoms with Crippen LogP contribution >= 0.6 is 11.8 Å².